The van der Waals surface area contributed by atoms with E-state index in [1.807, 2.05) is 47.0 Å². The number of rotatable bonds is 5. The summed E-state index contributed by atoms with van der Waals surface area (Å²) in [4.78, 5) is 17.6. The highest BCUT2D eigenvalue weighted by Gasteiger charge is 2.15. The van der Waals surface area contributed by atoms with Crippen molar-refractivity contribution in [1.82, 2.24) is 9.55 Å². The van der Waals surface area contributed by atoms with Crippen molar-refractivity contribution >= 4 is 22.7 Å². The molecule has 0 spiro atoms. The molecule has 23 heavy (non-hydrogen) atoms. The minimum absolute atomic E-state index is 0.0560. The molecule has 118 valence electrons. The van der Waals surface area contributed by atoms with E-state index in [9.17, 15) is 4.79 Å². The maximum Gasteiger partial charge on any atom is 0.262 e. The molecule has 0 radical (unpaired) electrons. The molecule has 0 bridgehead atoms. The van der Waals surface area contributed by atoms with Gasteiger partial charge in [0.2, 0.25) is 0 Å². The van der Waals surface area contributed by atoms with E-state index in [0.717, 1.165) is 22.8 Å². The number of para-hydroxylation sites is 1. The van der Waals surface area contributed by atoms with Crippen molar-refractivity contribution in [1.29, 1.82) is 0 Å². The molecule has 0 unspecified atom stereocenters. The molecule has 3 nitrogen and oxygen atoms in total. The van der Waals surface area contributed by atoms with Crippen molar-refractivity contribution in [2.45, 2.75) is 37.2 Å². The molecule has 0 amide bonds. The van der Waals surface area contributed by atoms with Crippen LogP contribution in [0.4, 0.5) is 0 Å². The van der Waals surface area contributed by atoms with Gasteiger partial charge in [-0.2, -0.15) is 0 Å². The smallest absolute Gasteiger partial charge is 0.262 e. The van der Waals surface area contributed by atoms with Crippen LogP contribution in [0.5, 0.6) is 0 Å². The lowest BCUT2D eigenvalue weighted by Crippen LogP contribution is -2.26. The van der Waals surface area contributed by atoms with E-state index in [2.05, 4.69) is 26.0 Å². The molecule has 0 saturated carbocycles. The fourth-order valence-corrected chi connectivity index (χ4v) is 3.57. The largest absolute Gasteiger partial charge is 0.284 e. The van der Waals surface area contributed by atoms with E-state index >= 15 is 0 Å². The molecule has 4 heteroatoms. The maximum absolute atomic E-state index is 12.9. The van der Waals surface area contributed by atoms with Crippen LogP contribution in [0.3, 0.4) is 0 Å². The SMILES string of the molecule is CC[C@H](C)n1c(SCc2ccccc2)nc2ccccc2c1=O. The number of thioether (sulfide) groups is 1. The summed E-state index contributed by atoms with van der Waals surface area (Å²) in [7, 11) is 0. The lowest BCUT2D eigenvalue weighted by atomic mass is 10.2. The summed E-state index contributed by atoms with van der Waals surface area (Å²) in [6.45, 7) is 4.17. The Hall–Kier alpha value is -2.07. The predicted octanol–water partition coefficient (Wildman–Crippen LogP) is 4.66. The highest BCUT2D eigenvalue weighted by molar-refractivity contribution is 7.98. The highest BCUT2D eigenvalue weighted by Crippen LogP contribution is 2.25. The second-order valence-corrected chi connectivity index (χ2v) is 6.56. The highest BCUT2D eigenvalue weighted by atomic mass is 32.2. The molecule has 0 aliphatic rings. The molecule has 2 aromatic carbocycles. The standard InChI is InChI=1S/C19H20N2OS/c1-3-14(2)21-18(22)16-11-7-8-12-17(16)20-19(21)23-13-15-9-5-4-6-10-15/h4-12,14H,3,13H2,1-2H3/t14-/m0/s1. The van der Waals surface area contributed by atoms with Gasteiger partial charge in [-0.1, -0.05) is 61.2 Å². The van der Waals surface area contributed by atoms with Gasteiger partial charge < -0.3 is 0 Å². The van der Waals surface area contributed by atoms with E-state index in [1.165, 1.54) is 5.56 Å². The normalized spacial score (nSPS) is 12.4. The van der Waals surface area contributed by atoms with E-state index in [4.69, 9.17) is 4.98 Å². The van der Waals surface area contributed by atoms with Crippen molar-refractivity contribution in [2.24, 2.45) is 0 Å². The van der Waals surface area contributed by atoms with Gasteiger partial charge in [0.25, 0.3) is 5.56 Å². The van der Waals surface area contributed by atoms with Crippen molar-refractivity contribution < 1.29 is 0 Å². The van der Waals surface area contributed by atoms with E-state index in [-0.39, 0.29) is 11.6 Å². The lowest BCUT2D eigenvalue weighted by molar-refractivity contribution is 0.468. The first-order valence-corrected chi connectivity index (χ1v) is 8.87. The van der Waals surface area contributed by atoms with Crippen molar-refractivity contribution in [2.75, 3.05) is 0 Å². The zero-order chi connectivity index (χ0) is 16.2. The monoisotopic (exact) mass is 324 g/mol. The molecule has 1 heterocycles. The summed E-state index contributed by atoms with van der Waals surface area (Å²) in [5.74, 6) is 0.808. The number of nitrogens with zero attached hydrogens (tertiary/aromatic N) is 2. The molecule has 1 aromatic heterocycles. The minimum atomic E-state index is 0.0560. The van der Waals surface area contributed by atoms with Gasteiger partial charge in [0.1, 0.15) is 0 Å². The van der Waals surface area contributed by atoms with Gasteiger partial charge in [0.05, 0.1) is 10.9 Å². The molecule has 0 N–H and O–H groups in total. The van der Waals surface area contributed by atoms with Gasteiger partial charge in [0, 0.05) is 11.8 Å². The van der Waals surface area contributed by atoms with Crippen LogP contribution in [-0.4, -0.2) is 9.55 Å². The molecular weight excluding hydrogens is 304 g/mol. The second kappa shape index (κ2) is 7.01. The third kappa shape index (κ3) is 3.32. The first kappa shape index (κ1) is 15.8. The molecule has 3 rings (SSSR count). The number of hydrogen-bond donors (Lipinski definition) is 0. The van der Waals surface area contributed by atoms with Gasteiger partial charge in [-0.15, -0.1) is 0 Å². The van der Waals surface area contributed by atoms with Gasteiger partial charge in [-0.3, -0.25) is 9.36 Å². The molecular formula is C19H20N2OS. The van der Waals surface area contributed by atoms with Crippen LogP contribution < -0.4 is 5.56 Å². The van der Waals surface area contributed by atoms with E-state index < -0.39 is 0 Å². The summed E-state index contributed by atoms with van der Waals surface area (Å²) < 4.78 is 1.84. The van der Waals surface area contributed by atoms with E-state index in [0.29, 0.717) is 5.39 Å². The molecule has 0 aliphatic carbocycles. The Kier molecular flexibility index (Phi) is 4.82. The Morgan fingerprint density at radius 2 is 1.78 bits per heavy atom. The Bertz CT molecular complexity index is 858. The van der Waals surface area contributed by atoms with Crippen LogP contribution in [-0.2, 0) is 5.75 Å². The van der Waals surface area contributed by atoms with Crippen LogP contribution in [0.2, 0.25) is 0 Å². The van der Waals surface area contributed by atoms with Gasteiger partial charge >= 0.3 is 0 Å². The Balaban J connectivity index is 2.05. The molecule has 1 atom stereocenters. The fourth-order valence-electron chi connectivity index (χ4n) is 2.52. The number of aromatic nitrogens is 2. The van der Waals surface area contributed by atoms with Gasteiger partial charge in [0.15, 0.2) is 5.16 Å². The Morgan fingerprint density at radius 1 is 1.09 bits per heavy atom. The van der Waals surface area contributed by atoms with Crippen LogP contribution >= 0.6 is 11.8 Å². The summed E-state index contributed by atoms with van der Waals surface area (Å²) in [5.41, 5.74) is 2.06. The van der Waals surface area contributed by atoms with Crippen LogP contribution in [0, 0.1) is 0 Å². The average Bonchev–Trinajstić information content (AvgIpc) is 2.60. The van der Waals surface area contributed by atoms with Crippen LogP contribution in [0.1, 0.15) is 31.9 Å². The van der Waals surface area contributed by atoms with Crippen LogP contribution in [0.15, 0.2) is 64.5 Å². The average molecular weight is 324 g/mol. The molecule has 3 aromatic rings. The zero-order valence-corrected chi connectivity index (χ0v) is 14.2. The summed E-state index contributed by atoms with van der Waals surface area (Å²) in [6.07, 6.45) is 0.902. The van der Waals surface area contributed by atoms with Crippen LogP contribution in [0.25, 0.3) is 10.9 Å². The van der Waals surface area contributed by atoms with Crippen molar-refractivity contribution in [3.05, 3.63) is 70.5 Å². The second-order valence-electron chi connectivity index (χ2n) is 5.62. The number of benzene rings is 2. The fraction of sp³-hybridized carbons (Fsp3) is 0.263. The molecule has 0 aliphatic heterocycles. The summed E-state index contributed by atoms with van der Waals surface area (Å²) >= 11 is 1.62. The van der Waals surface area contributed by atoms with Crippen molar-refractivity contribution in [3.8, 4) is 0 Å². The number of fused-ring (bicyclic) bond motifs is 1. The quantitative estimate of drug-likeness (QED) is 0.506. The third-order valence-corrected chi connectivity index (χ3v) is 5.04. The topological polar surface area (TPSA) is 34.9 Å². The predicted molar refractivity (Wildman–Crippen MR) is 97.0 cm³/mol. The molecule has 0 fully saturated rings. The van der Waals surface area contributed by atoms with Crippen molar-refractivity contribution in [3.63, 3.8) is 0 Å². The summed E-state index contributed by atoms with van der Waals surface area (Å²) in [5, 5.41) is 1.49. The first-order chi connectivity index (χ1) is 11.2. The zero-order valence-electron chi connectivity index (χ0n) is 13.4. The van der Waals surface area contributed by atoms with Gasteiger partial charge in [-0.25, -0.2) is 4.98 Å². The maximum atomic E-state index is 12.9. The third-order valence-electron chi connectivity index (χ3n) is 4.02. The Morgan fingerprint density at radius 3 is 2.52 bits per heavy atom. The Labute approximate surface area is 140 Å². The lowest BCUT2D eigenvalue weighted by Gasteiger charge is -2.18. The first-order valence-electron chi connectivity index (χ1n) is 7.88. The summed E-state index contributed by atoms with van der Waals surface area (Å²) in [6, 6.07) is 18.0. The minimum Gasteiger partial charge on any atom is -0.284 e. The van der Waals surface area contributed by atoms with Gasteiger partial charge in [-0.05, 0) is 31.0 Å². The van der Waals surface area contributed by atoms with E-state index in [1.54, 1.807) is 11.8 Å². The molecule has 0 saturated heterocycles. The number of hydrogen-bond acceptors (Lipinski definition) is 3.